The third-order valence-corrected chi connectivity index (χ3v) is 2.84. The molecule has 0 aromatic heterocycles. The van der Waals surface area contributed by atoms with Crippen LogP contribution in [0.3, 0.4) is 0 Å². The molecule has 0 rings (SSSR count). The first kappa shape index (κ1) is 20.2. The van der Waals surface area contributed by atoms with Gasteiger partial charge in [0, 0.05) is 6.42 Å². The number of methoxy groups -OCH3 is 1. The molecule has 0 radical (unpaired) electrons. The SMILES string of the molecule is C=CC(=C)CC(C)(C)OC(C(=C)C(=C)C(F)(F)F)C(=O)OC. The minimum Gasteiger partial charge on any atom is -0.467 e. The van der Waals surface area contributed by atoms with Crippen molar-refractivity contribution >= 4 is 5.97 Å². The van der Waals surface area contributed by atoms with Crippen LogP contribution in [0.15, 0.2) is 49.1 Å². The van der Waals surface area contributed by atoms with Crippen LogP contribution in [-0.4, -0.2) is 31.0 Å². The molecule has 6 heteroatoms. The van der Waals surface area contributed by atoms with Crippen molar-refractivity contribution in [3.63, 3.8) is 0 Å². The predicted octanol–water partition coefficient (Wildman–Crippen LogP) is 4.13. The summed E-state index contributed by atoms with van der Waals surface area (Å²) >= 11 is 0. The summed E-state index contributed by atoms with van der Waals surface area (Å²) in [5.41, 5.74) is -2.18. The monoisotopic (exact) mass is 318 g/mol. The zero-order valence-corrected chi connectivity index (χ0v) is 13.0. The highest BCUT2D eigenvalue weighted by Crippen LogP contribution is 2.33. The van der Waals surface area contributed by atoms with Crippen LogP contribution < -0.4 is 0 Å². The second-order valence-corrected chi connectivity index (χ2v) is 5.32. The van der Waals surface area contributed by atoms with Gasteiger partial charge in [-0.3, -0.25) is 0 Å². The zero-order valence-electron chi connectivity index (χ0n) is 13.0. The lowest BCUT2D eigenvalue weighted by Crippen LogP contribution is -2.39. The fourth-order valence-corrected chi connectivity index (χ4v) is 1.69. The van der Waals surface area contributed by atoms with Gasteiger partial charge in [-0.05, 0) is 19.4 Å². The number of carbonyl (C=O) groups is 1. The Bertz CT molecular complexity index is 487. The third kappa shape index (κ3) is 5.89. The maximum Gasteiger partial charge on any atom is 0.416 e. The van der Waals surface area contributed by atoms with Gasteiger partial charge < -0.3 is 9.47 Å². The number of halogens is 3. The summed E-state index contributed by atoms with van der Waals surface area (Å²) in [5, 5.41) is 0. The van der Waals surface area contributed by atoms with Crippen molar-refractivity contribution in [1.29, 1.82) is 0 Å². The van der Waals surface area contributed by atoms with Gasteiger partial charge in [0.1, 0.15) is 0 Å². The summed E-state index contributed by atoms with van der Waals surface area (Å²) in [7, 11) is 1.05. The van der Waals surface area contributed by atoms with Crippen molar-refractivity contribution in [2.45, 2.75) is 38.1 Å². The first-order valence-electron chi connectivity index (χ1n) is 6.37. The Morgan fingerprint density at radius 3 is 2.09 bits per heavy atom. The van der Waals surface area contributed by atoms with Crippen LogP contribution in [-0.2, 0) is 14.3 Å². The van der Waals surface area contributed by atoms with Gasteiger partial charge in [-0.2, -0.15) is 13.2 Å². The Balaban J connectivity index is 5.36. The van der Waals surface area contributed by atoms with Crippen molar-refractivity contribution in [2.24, 2.45) is 0 Å². The van der Waals surface area contributed by atoms with E-state index in [0.29, 0.717) is 5.57 Å². The zero-order chi connectivity index (χ0) is 17.7. The quantitative estimate of drug-likeness (QED) is 0.498. The molecule has 0 aliphatic heterocycles. The standard InChI is InChI=1S/C16H21F3O3/c1-8-10(2)9-15(5,6)22-13(14(20)21-7)11(3)12(4)16(17,18)19/h8,13H,1-4,9H2,5-7H3. The molecule has 1 unspecified atom stereocenters. The van der Waals surface area contributed by atoms with Crippen LogP contribution in [0.4, 0.5) is 13.2 Å². The third-order valence-electron chi connectivity index (χ3n) is 2.84. The van der Waals surface area contributed by atoms with Crippen LogP contribution >= 0.6 is 0 Å². The van der Waals surface area contributed by atoms with E-state index >= 15 is 0 Å². The molecule has 0 saturated carbocycles. The lowest BCUT2D eigenvalue weighted by atomic mass is 9.97. The van der Waals surface area contributed by atoms with E-state index in [1.165, 1.54) is 6.08 Å². The number of alkyl halides is 3. The molecule has 0 heterocycles. The summed E-state index contributed by atoms with van der Waals surface area (Å²) in [6, 6.07) is 0. The minimum atomic E-state index is -4.71. The molecule has 0 aromatic carbocycles. The maximum absolute atomic E-state index is 12.7. The van der Waals surface area contributed by atoms with Crippen LogP contribution in [0.2, 0.25) is 0 Å². The second-order valence-electron chi connectivity index (χ2n) is 5.32. The van der Waals surface area contributed by atoms with E-state index in [1.807, 2.05) is 0 Å². The number of hydrogen-bond acceptors (Lipinski definition) is 3. The highest BCUT2D eigenvalue weighted by atomic mass is 19.4. The molecule has 0 aromatic rings. The highest BCUT2D eigenvalue weighted by Gasteiger charge is 2.40. The molecular formula is C16H21F3O3. The highest BCUT2D eigenvalue weighted by molar-refractivity contribution is 5.79. The van der Waals surface area contributed by atoms with Crippen molar-refractivity contribution < 1.29 is 27.4 Å². The minimum absolute atomic E-state index is 0.274. The number of ether oxygens (including phenoxy) is 2. The van der Waals surface area contributed by atoms with Crippen molar-refractivity contribution in [3.05, 3.63) is 49.1 Å². The number of rotatable bonds is 8. The van der Waals surface area contributed by atoms with E-state index in [4.69, 9.17) is 4.74 Å². The van der Waals surface area contributed by atoms with E-state index in [2.05, 4.69) is 31.1 Å². The van der Waals surface area contributed by atoms with Crippen LogP contribution in [0.5, 0.6) is 0 Å². The van der Waals surface area contributed by atoms with Crippen LogP contribution in [0.25, 0.3) is 0 Å². The van der Waals surface area contributed by atoms with Gasteiger partial charge in [0.05, 0.1) is 18.3 Å². The summed E-state index contributed by atoms with van der Waals surface area (Å²) in [5.74, 6) is -0.979. The molecule has 22 heavy (non-hydrogen) atoms. The molecule has 0 bridgehead atoms. The Morgan fingerprint density at radius 2 is 1.73 bits per heavy atom. The molecule has 0 fully saturated rings. The summed E-state index contributed by atoms with van der Waals surface area (Å²) < 4.78 is 48.2. The molecule has 0 aliphatic carbocycles. The molecule has 0 N–H and O–H groups in total. The van der Waals surface area contributed by atoms with Crippen LogP contribution in [0, 0.1) is 0 Å². The molecule has 124 valence electrons. The van der Waals surface area contributed by atoms with Gasteiger partial charge in [-0.25, -0.2) is 4.79 Å². The predicted molar refractivity (Wildman–Crippen MR) is 79.3 cm³/mol. The topological polar surface area (TPSA) is 35.5 Å². The van der Waals surface area contributed by atoms with Crippen molar-refractivity contribution in [1.82, 2.24) is 0 Å². The van der Waals surface area contributed by atoms with E-state index in [1.54, 1.807) is 13.8 Å². The Morgan fingerprint density at radius 1 is 1.23 bits per heavy atom. The number of allylic oxidation sites excluding steroid dienone is 1. The molecule has 0 amide bonds. The van der Waals surface area contributed by atoms with Gasteiger partial charge in [0.25, 0.3) is 0 Å². The first-order valence-corrected chi connectivity index (χ1v) is 6.37. The molecule has 0 aliphatic rings. The Hall–Kier alpha value is -1.82. The normalized spacial score (nSPS) is 13.2. The number of hydrogen-bond donors (Lipinski definition) is 0. The largest absolute Gasteiger partial charge is 0.467 e. The number of carbonyl (C=O) groups excluding carboxylic acids is 1. The summed E-state index contributed by atoms with van der Waals surface area (Å²) in [4.78, 5) is 11.8. The molecule has 0 spiro atoms. The second kappa shape index (κ2) is 7.45. The number of esters is 1. The smallest absolute Gasteiger partial charge is 0.416 e. The first-order chi connectivity index (χ1) is 9.85. The van der Waals surface area contributed by atoms with Gasteiger partial charge in [-0.15, -0.1) is 0 Å². The molecule has 0 saturated heterocycles. The van der Waals surface area contributed by atoms with E-state index in [-0.39, 0.29) is 6.42 Å². The van der Waals surface area contributed by atoms with Crippen molar-refractivity contribution in [2.75, 3.05) is 7.11 Å². The lowest BCUT2D eigenvalue weighted by Gasteiger charge is -2.31. The van der Waals surface area contributed by atoms with Gasteiger partial charge in [0.15, 0.2) is 6.10 Å². The van der Waals surface area contributed by atoms with E-state index in [0.717, 1.165) is 7.11 Å². The van der Waals surface area contributed by atoms with Gasteiger partial charge in [-0.1, -0.05) is 38.0 Å². The van der Waals surface area contributed by atoms with E-state index in [9.17, 15) is 18.0 Å². The molecular weight excluding hydrogens is 297 g/mol. The van der Waals surface area contributed by atoms with Gasteiger partial charge >= 0.3 is 12.1 Å². The lowest BCUT2D eigenvalue weighted by molar-refractivity contribution is -0.161. The van der Waals surface area contributed by atoms with Gasteiger partial charge in [0.2, 0.25) is 0 Å². The average Bonchev–Trinajstić information content (AvgIpc) is 2.40. The fraction of sp³-hybridized carbons (Fsp3) is 0.438. The summed E-state index contributed by atoms with van der Waals surface area (Å²) in [6.07, 6.45) is -4.54. The Labute approximate surface area is 128 Å². The summed E-state index contributed by atoms with van der Waals surface area (Å²) in [6.45, 7) is 16.7. The fourth-order valence-electron chi connectivity index (χ4n) is 1.69. The Kier molecular flexibility index (Phi) is 6.83. The average molecular weight is 318 g/mol. The molecule has 3 nitrogen and oxygen atoms in total. The van der Waals surface area contributed by atoms with E-state index < -0.39 is 35.0 Å². The van der Waals surface area contributed by atoms with Crippen molar-refractivity contribution in [3.8, 4) is 0 Å². The molecule has 1 atom stereocenters. The maximum atomic E-state index is 12.7. The van der Waals surface area contributed by atoms with Crippen LogP contribution in [0.1, 0.15) is 20.3 Å².